The number of nitrogens with two attached hydrogens (primary N) is 1. The van der Waals surface area contributed by atoms with E-state index in [1.165, 1.54) is 19.1 Å². The molecule has 1 atom stereocenters. The van der Waals surface area contributed by atoms with Crippen molar-refractivity contribution in [3.05, 3.63) is 28.8 Å². The summed E-state index contributed by atoms with van der Waals surface area (Å²) in [6, 6.07) is 3.64. The minimum absolute atomic E-state index is 0.0679. The number of carboxylic acid groups (broad SMARTS) is 1. The van der Waals surface area contributed by atoms with Gasteiger partial charge >= 0.3 is 12.3 Å². The predicted molar refractivity (Wildman–Crippen MR) is 61.9 cm³/mol. The molecule has 0 aliphatic rings. The molecule has 0 unspecified atom stereocenters. The topological polar surface area (TPSA) is 72.6 Å². The minimum atomic E-state index is -4.89. The van der Waals surface area contributed by atoms with E-state index in [9.17, 15) is 18.0 Å². The molecule has 0 aromatic heterocycles. The molecule has 0 amide bonds. The van der Waals surface area contributed by atoms with Crippen LogP contribution in [0.25, 0.3) is 0 Å². The van der Waals surface area contributed by atoms with Crippen LogP contribution in [0.3, 0.4) is 0 Å². The van der Waals surface area contributed by atoms with Crippen molar-refractivity contribution in [2.24, 2.45) is 5.73 Å². The third-order valence-electron chi connectivity index (χ3n) is 2.32. The van der Waals surface area contributed by atoms with E-state index in [1.54, 1.807) is 0 Å². The number of carbonyl (C=O) groups is 1. The number of aliphatic carboxylic acids is 1. The van der Waals surface area contributed by atoms with E-state index >= 15 is 0 Å². The number of halogens is 4. The van der Waals surface area contributed by atoms with Crippen LogP contribution in [0.2, 0.25) is 5.02 Å². The second kappa shape index (κ2) is 5.26. The average molecular weight is 298 g/mol. The highest BCUT2D eigenvalue weighted by atomic mass is 35.5. The Morgan fingerprint density at radius 1 is 1.47 bits per heavy atom. The quantitative estimate of drug-likeness (QED) is 0.896. The highest BCUT2D eigenvalue weighted by Gasteiger charge is 2.34. The SMILES string of the molecule is C[C@](N)(CC(=O)O)c1cccc(OC(F)(F)F)c1Cl. The fourth-order valence-electron chi connectivity index (χ4n) is 1.56. The molecule has 8 heteroatoms. The van der Waals surface area contributed by atoms with E-state index in [4.69, 9.17) is 22.4 Å². The highest BCUT2D eigenvalue weighted by Crippen LogP contribution is 2.37. The number of alkyl halides is 3. The zero-order valence-electron chi connectivity index (χ0n) is 9.79. The number of hydrogen-bond donors (Lipinski definition) is 2. The summed E-state index contributed by atoms with van der Waals surface area (Å²) in [4.78, 5) is 10.7. The first-order valence-corrected chi connectivity index (χ1v) is 5.46. The van der Waals surface area contributed by atoms with Gasteiger partial charge in [-0.3, -0.25) is 4.79 Å². The molecule has 0 aliphatic carbocycles. The molecule has 0 aliphatic heterocycles. The van der Waals surface area contributed by atoms with Gasteiger partial charge in [0.25, 0.3) is 0 Å². The van der Waals surface area contributed by atoms with Crippen molar-refractivity contribution in [2.45, 2.75) is 25.2 Å². The van der Waals surface area contributed by atoms with Crippen LogP contribution in [-0.4, -0.2) is 17.4 Å². The van der Waals surface area contributed by atoms with E-state index in [0.717, 1.165) is 6.07 Å². The monoisotopic (exact) mass is 297 g/mol. The number of hydrogen-bond acceptors (Lipinski definition) is 3. The van der Waals surface area contributed by atoms with Crippen LogP contribution in [0.4, 0.5) is 13.2 Å². The van der Waals surface area contributed by atoms with Gasteiger partial charge in [-0.25, -0.2) is 0 Å². The van der Waals surface area contributed by atoms with Crippen LogP contribution in [0.5, 0.6) is 5.75 Å². The Kier molecular flexibility index (Phi) is 4.32. The van der Waals surface area contributed by atoms with Gasteiger partial charge in [0.2, 0.25) is 0 Å². The normalized spacial score (nSPS) is 14.8. The molecule has 0 fully saturated rings. The van der Waals surface area contributed by atoms with Crippen LogP contribution in [0.1, 0.15) is 18.9 Å². The van der Waals surface area contributed by atoms with Gasteiger partial charge in [-0.05, 0) is 18.6 Å². The molecule has 19 heavy (non-hydrogen) atoms. The van der Waals surface area contributed by atoms with Crippen molar-refractivity contribution in [2.75, 3.05) is 0 Å². The molecule has 0 saturated heterocycles. The summed E-state index contributed by atoms with van der Waals surface area (Å²) in [7, 11) is 0. The van der Waals surface area contributed by atoms with Crippen molar-refractivity contribution >= 4 is 17.6 Å². The first-order valence-electron chi connectivity index (χ1n) is 5.08. The van der Waals surface area contributed by atoms with Gasteiger partial charge in [0.05, 0.1) is 17.0 Å². The standard InChI is InChI=1S/C11H11ClF3NO3/c1-10(16,5-8(17)18)6-3-2-4-7(9(6)12)19-11(13,14)15/h2-4H,5,16H2,1H3,(H,17,18)/t10-/m0/s1. The summed E-state index contributed by atoms with van der Waals surface area (Å²) in [5.41, 5.74) is 4.43. The summed E-state index contributed by atoms with van der Waals surface area (Å²) >= 11 is 5.78. The molecule has 0 radical (unpaired) electrons. The fourth-order valence-corrected chi connectivity index (χ4v) is 1.95. The second-order valence-corrected chi connectivity index (χ2v) is 4.53. The lowest BCUT2D eigenvalue weighted by molar-refractivity contribution is -0.274. The van der Waals surface area contributed by atoms with Gasteiger partial charge in [0.15, 0.2) is 0 Å². The zero-order chi connectivity index (χ0) is 14.8. The largest absolute Gasteiger partial charge is 0.573 e. The van der Waals surface area contributed by atoms with Crippen LogP contribution < -0.4 is 10.5 Å². The molecule has 1 aromatic carbocycles. The van der Waals surface area contributed by atoms with E-state index in [1.807, 2.05) is 0 Å². The van der Waals surface area contributed by atoms with Crippen LogP contribution in [-0.2, 0) is 10.3 Å². The Hall–Kier alpha value is -1.47. The molecule has 0 spiro atoms. The Bertz CT molecular complexity index is 489. The number of carboxylic acids is 1. The maximum atomic E-state index is 12.2. The van der Waals surface area contributed by atoms with E-state index < -0.39 is 30.0 Å². The van der Waals surface area contributed by atoms with Gasteiger partial charge < -0.3 is 15.6 Å². The summed E-state index contributed by atoms with van der Waals surface area (Å²) < 4.78 is 40.2. The van der Waals surface area contributed by atoms with E-state index in [0.29, 0.717) is 0 Å². The van der Waals surface area contributed by atoms with Gasteiger partial charge in [0.1, 0.15) is 5.75 Å². The maximum absolute atomic E-state index is 12.2. The van der Waals surface area contributed by atoms with Crippen LogP contribution in [0.15, 0.2) is 18.2 Å². The fraction of sp³-hybridized carbons (Fsp3) is 0.364. The predicted octanol–water partition coefficient (Wildman–Crippen LogP) is 2.89. The summed E-state index contributed by atoms with van der Waals surface area (Å²) in [5, 5.41) is 8.37. The minimum Gasteiger partial charge on any atom is -0.481 e. The number of benzene rings is 1. The van der Waals surface area contributed by atoms with Crippen molar-refractivity contribution in [3.8, 4) is 5.75 Å². The Labute approximate surface area is 111 Å². The summed E-state index contributed by atoms with van der Waals surface area (Å²) in [5.74, 6) is -1.81. The van der Waals surface area contributed by atoms with Crippen molar-refractivity contribution < 1.29 is 27.8 Å². The molecule has 1 aromatic rings. The molecular formula is C11H11ClF3NO3. The summed E-state index contributed by atoms with van der Waals surface area (Å²) in [6.45, 7) is 1.36. The average Bonchev–Trinajstić information content (AvgIpc) is 2.16. The van der Waals surface area contributed by atoms with Gasteiger partial charge in [-0.2, -0.15) is 0 Å². The van der Waals surface area contributed by atoms with Crippen molar-refractivity contribution in [3.63, 3.8) is 0 Å². The first-order chi connectivity index (χ1) is 8.53. The summed E-state index contributed by atoms with van der Waals surface area (Å²) in [6.07, 6.45) is -5.37. The zero-order valence-corrected chi connectivity index (χ0v) is 10.5. The Morgan fingerprint density at radius 3 is 2.53 bits per heavy atom. The number of rotatable bonds is 4. The molecular weight excluding hydrogens is 287 g/mol. The van der Waals surface area contributed by atoms with Crippen LogP contribution >= 0.6 is 11.6 Å². The molecule has 0 saturated carbocycles. The molecule has 4 nitrogen and oxygen atoms in total. The molecule has 106 valence electrons. The molecule has 0 bridgehead atoms. The smallest absolute Gasteiger partial charge is 0.481 e. The third-order valence-corrected chi connectivity index (χ3v) is 2.71. The van der Waals surface area contributed by atoms with Gasteiger partial charge in [-0.1, -0.05) is 23.7 Å². The van der Waals surface area contributed by atoms with Crippen molar-refractivity contribution in [1.29, 1.82) is 0 Å². The second-order valence-electron chi connectivity index (χ2n) is 4.15. The first kappa shape index (κ1) is 15.6. The lowest BCUT2D eigenvalue weighted by atomic mass is 9.89. The third kappa shape index (κ3) is 4.29. The van der Waals surface area contributed by atoms with Crippen LogP contribution in [0, 0.1) is 0 Å². The van der Waals surface area contributed by atoms with Gasteiger partial charge in [0, 0.05) is 0 Å². The lowest BCUT2D eigenvalue weighted by Crippen LogP contribution is -2.36. The van der Waals surface area contributed by atoms with E-state index in [2.05, 4.69) is 4.74 Å². The van der Waals surface area contributed by atoms with E-state index in [-0.39, 0.29) is 10.6 Å². The molecule has 0 heterocycles. The Balaban J connectivity index is 3.17. The highest BCUT2D eigenvalue weighted by molar-refractivity contribution is 6.33. The lowest BCUT2D eigenvalue weighted by Gasteiger charge is -2.25. The molecule has 3 N–H and O–H groups in total. The Morgan fingerprint density at radius 2 is 2.05 bits per heavy atom. The van der Waals surface area contributed by atoms with Crippen molar-refractivity contribution in [1.82, 2.24) is 0 Å². The maximum Gasteiger partial charge on any atom is 0.573 e. The number of ether oxygens (including phenoxy) is 1. The molecule has 1 rings (SSSR count). The van der Waals surface area contributed by atoms with Gasteiger partial charge in [-0.15, -0.1) is 13.2 Å².